The quantitative estimate of drug-likeness (QED) is 0.677. The van der Waals surface area contributed by atoms with Gasteiger partial charge in [-0.25, -0.2) is 0 Å². The Labute approximate surface area is 96.8 Å². The van der Waals surface area contributed by atoms with Crippen molar-refractivity contribution in [3.8, 4) is 0 Å². The smallest absolute Gasteiger partial charge is 0.325 e. The third-order valence-corrected chi connectivity index (χ3v) is 3.85. The van der Waals surface area contributed by atoms with Crippen LogP contribution in [0.2, 0.25) is 0 Å². The average molecular weight is 226 g/mol. The standard InChI is InChI=1S/C12H22N2O2/c1-2-14(7-9-3-4-9)8-12(13,11(15)16)10-5-6-10/h9-10H,2-8,13H2,1H3,(H,15,16). The van der Waals surface area contributed by atoms with Crippen molar-refractivity contribution >= 4 is 5.97 Å². The second-order valence-electron chi connectivity index (χ2n) is 5.39. The van der Waals surface area contributed by atoms with Crippen molar-refractivity contribution in [2.75, 3.05) is 19.6 Å². The van der Waals surface area contributed by atoms with E-state index in [1.54, 1.807) is 0 Å². The van der Waals surface area contributed by atoms with E-state index < -0.39 is 11.5 Å². The fourth-order valence-corrected chi connectivity index (χ4v) is 2.31. The van der Waals surface area contributed by atoms with Crippen LogP contribution in [-0.2, 0) is 4.79 Å². The first-order valence-corrected chi connectivity index (χ1v) is 6.31. The van der Waals surface area contributed by atoms with Crippen molar-refractivity contribution in [3.63, 3.8) is 0 Å². The fraction of sp³-hybridized carbons (Fsp3) is 0.917. The maximum atomic E-state index is 11.3. The van der Waals surface area contributed by atoms with E-state index >= 15 is 0 Å². The molecule has 0 heterocycles. The van der Waals surface area contributed by atoms with Gasteiger partial charge in [0.1, 0.15) is 5.54 Å². The van der Waals surface area contributed by atoms with Crippen molar-refractivity contribution in [1.82, 2.24) is 4.90 Å². The average Bonchev–Trinajstić information content (AvgIpc) is 3.08. The topological polar surface area (TPSA) is 66.6 Å². The van der Waals surface area contributed by atoms with Crippen LogP contribution in [-0.4, -0.2) is 41.1 Å². The highest BCUT2D eigenvalue weighted by Gasteiger charge is 2.49. The van der Waals surface area contributed by atoms with E-state index in [0.717, 1.165) is 31.8 Å². The Balaban J connectivity index is 1.94. The van der Waals surface area contributed by atoms with Crippen LogP contribution in [0.1, 0.15) is 32.6 Å². The molecule has 0 spiro atoms. The Morgan fingerprint density at radius 3 is 2.44 bits per heavy atom. The number of aliphatic carboxylic acids is 1. The van der Waals surface area contributed by atoms with Crippen LogP contribution in [0.5, 0.6) is 0 Å². The summed E-state index contributed by atoms with van der Waals surface area (Å²) in [5, 5.41) is 9.29. The number of hydrogen-bond donors (Lipinski definition) is 2. The van der Waals surface area contributed by atoms with Gasteiger partial charge in [-0.3, -0.25) is 4.79 Å². The van der Waals surface area contributed by atoms with Gasteiger partial charge in [0.2, 0.25) is 0 Å². The van der Waals surface area contributed by atoms with Gasteiger partial charge in [0, 0.05) is 13.1 Å². The summed E-state index contributed by atoms with van der Waals surface area (Å²) < 4.78 is 0. The van der Waals surface area contributed by atoms with Gasteiger partial charge in [-0.15, -0.1) is 0 Å². The minimum atomic E-state index is -1.01. The number of nitrogens with two attached hydrogens (primary N) is 1. The molecule has 2 aliphatic carbocycles. The van der Waals surface area contributed by atoms with Crippen molar-refractivity contribution in [3.05, 3.63) is 0 Å². The van der Waals surface area contributed by atoms with Crippen LogP contribution in [0.3, 0.4) is 0 Å². The van der Waals surface area contributed by atoms with Crippen molar-refractivity contribution in [2.24, 2.45) is 17.6 Å². The Bertz CT molecular complexity index is 274. The zero-order valence-corrected chi connectivity index (χ0v) is 9.98. The predicted molar refractivity (Wildman–Crippen MR) is 62.1 cm³/mol. The molecule has 4 heteroatoms. The molecule has 2 saturated carbocycles. The monoisotopic (exact) mass is 226 g/mol. The second-order valence-corrected chi connectivity index (χ2v) is 5.39. The van der Waals surface area contributed by atoms with Gasteiger partial charge in [0.15, 0.2) is 0 Å². The largest absolute Gasteiger partial charge is 0.480 e. The summed E-state index contributed by atoms with van der Waals surface area (Å²) >= 11 is 0. The number of nitrogens with zero attached hydrogens (tertiary/aromatic N) is 1. The summed E-state index contributed by atoms with van der Waals surface area (Å²) in [5.74, 6) is 0.152. The number of likely N-dealkylation sites (N-methyl/N-ethyl adjacent to an activating group) is 1. The second kappa shape index (κ2) is 4.34. The van der Waals surface area contributed by atoms with E-state index in [1.807, 2.05) is 0 Å². The third-order valence-electron chi connectivity index (χ3n) is 3.85. The molecule has 4 nitrogen and oxygen atoms in total. The molecule has 1 unspecified atom stereocenters. The number of rotatable bonds is 7. The van der Waals surface area contributed by atoms with E-state index in [4.69, 9.17) is 5.73 Å². The number of hydrogen-bond acceptors (Lipinski definition) is 3. The molecule has 0 saturated heterocycles. The van der Waals surface area contributed by atoms with Crippen LogP contribution < -0.4 is 5.73 Å². The maximum absolute atomic E-state index is 11.3. The molecule has 1 atom stereocenters. The van der Waals surface area contributed by atoms with Crippen LogP contribution in [0.4, 0.5) is 0 Å². The van der Waals surface area contributed by atoms with Gasteiger partial charge >= 0.3 is 5.97 Å². The summed E-state index contributed by atoms with van der Waals surface area (Å²) in [6.07, 6.45) is 4.54. The summed E-state index contributed by atoms with van der Waals surface area (Å²) in [7, 11) is 0. The van der Waals surface area contributed by atoms with E-state index in [0.29, 0.717) is 6.54 Å². The van der Waals surface area contributed by atoms with Crippen molar-refractivity contribution in [2.45, 2.75) is 38.1 Å². The van der Waals surface area contributed by atoms with Crippen LogP contribution in [0.15, 0.2) is 0 Å². The van der Waals surface area contributed by atoms with E-state index in [9.17, 15) is 9.90 Å². The molecule has 2 aliphatic rings. The van der Waals surface area contributed by atoms with E-state index in [1.165, 1.54) is 12.8 Å². The molecular formula is C12H22N2O2. The molecule has 2 rings (SSSR count). The first-order valence-electron chi connectivity index (χ1n) is 6.31. The third kappa shape index (κ3) is 2.55. The van der Waals surface area contributed by atoms with Crippen LogP contribution >= 0.6 is 0 Å². The lowest BCUT2D eigenvalue weighted by Crippen LogP contribution is -2.58. The molecule has 2 fully saturated rings. The zero-order valence-electron chi connectivity index (χ0n) is 9.98. The number of carbonyl (C=O) groups is 1. The Kier molecular flexibility index (Phi) is 3.22. The first-order chi connectivity index (χ1) is 7.56. The SMILES string of the molecule is CCN(CC1CC1)CC(N)(C(=O)O)C1CC1. The first kappa shape index (κ1) is 11.9. The molecule has 0 radical (unpaired) electrons. The molecule has 0 bridgehead atoms. The van der Waals surface area contributed by atoms with Gasteiger partial charge in [0.25, 0.3) is 0 Å². The number of carboxylic acid groups (broad SMARTS) is 1. The Morgan fingerprint density at radius 2 is 2.06 bits per heavy atom. The lowest BCUT2D eigenvalue weighted by Gasteiger charge is -2.31. The normalized spacial score (nSPS) is 24.4. The maximum Gasteiger partial charge on any atom is 0.325 e. The molecule has 0 aromatic heterocycles. The zero-order chi connectivity index (χ0) is 11.8. The molecule has 16 heavy (non-hydrogen) atoms. The fourth-order valence-electron chi connectivity index (χ4n) is 2.31. The minimum Gasteiger partial charge on any atom is -0.480 e. The molecular weight excluding hydrogens is 204 g/mol. The molecule has 0 aromatic rings. The molecule has 3 N–H and O–H groups in total. The predicted octanol–water partition coefficient (Wildman–Crippen LogP) is 0.910. The minimum absolute atomic E-state index is 0.193. The van der Waals surface area contributed by atoms with Crippen molar-refractivity contribution < 1.29 is 9.90 Å². The Morgan fingerprint density at radius 1 is 1.44 bits per heavy atom. The molecule has 92 valence electrons. The van der Waals surface area contributed by atoms with Gasteiger partial charge < -0.3 is 15.7 Å². The van der Waals surface area contributed by atoms with Gasteiger partial charge in [-0.1, -0.05) is 6.92 Å². The lowest BCUT2D eigenvalue weighted by atomic mass is 9.93. The summed E-state index contributed by atoms with van der Waals surface area (Å²) in [6, 6.07) is 0. The van der Waals surface area contributed by atoms with Gasteiger partial charge in [-0.05, 0) is 44.1 Å². The lowest BCUT2D eigenvalue weighted by molar-refractivity contribution is -0.145. The van der Waals surface area contributed by atoms with Crippen molar-refractivity contribution in [1.29, 1.82) is 0 Å². The molecule has 0 aliphatic heterocycles. The van der Waals surface area contributed by atoms with Crippen LogP contribution in [0, 0.1) is 11.8 Å². The highest BCUT2D eigenvalue weighted by atomic mass is 16.4. The summed E-state index contributed by atoms with van der Waals surface area (Å²) in [4.78, 5) is 13.5. The number of carboxylic acids is 1. The van der Waals surface area contributed by atoms with Gasteiger partial charge in [0.05, 0.1) is 0 Å². The summed E-state index contributed by atoms with van der Waals surface area (Å²) in [5.41, 5.74) is 5.07. The highest BCUT2D eigenvalue weighted by Crippen LogP contribution is 2.39. The Hall–Kier alpha value is -0.610. The van der Waals surface area contributed by atoms with E-state index in [-0.39, 0.29) is 5.92 Å². The molecule has 0 aromatic carbocycles. The summed E-state index contributed by atoms with van der Waals surface area (Å²) in [6.45, 7) is 4.52. The highest BCUT2D eigenvalue weighted by molar-refractivity contribution is 5.79. The van der Waals surface area contributed by atoms with E-state index in [2.05, 4.69) is 11.8 Å². The van der Waals surface area contributed by atoms with Crippen LogP contribution in [0.25, 0.3) is 0 Å². The molecule has 0 amide bonds. The van der Waals surface area contributed by atoms with Gasteiger partial charge in [-0.2, -0.15) is 0 Å².